The van der Waals surface area contributed by atoms with E-state index < -0.39 is 0 Å². The molecule has 1 atom stereocenters. The molecule has 0 saturated carbocycles. The summed E-state index contributed by atoms with van der Waals surface area (Å²) < 4.78 is 1.92. The van der Waals surface area contributed by atoms with Crippen molar-refractivity contribution in [3.05, 3.63) is 12.4 Å². The van der Waals surface area contributed by atoms with E-state index in [0.717, 1.165) is 6.54 Å². The first-order valence-corrected chi connectivity index (χ1v) is 5.67. The van der Waals surface area contributed by atoms with Crippen LogP contribution in [0.25, 0.3) is 0 Å². The van der Waals surface area contributed by atoms with Crippen LogP contribution in [0.1, 0.15) is 46.0 Å². The predicted molar refractivity (Wildman–Crippen MR) is 57.9 cm³/mol. The van der Waals surface area contributed by atoms with E-state index in [0.29, 0.717) is 5.92 Å². The molecule has 1 aromatic heterocycles. The van der Waals surface area contributed by atoms with Crippen LogP contribution in [-0.4, -0.2) is 15.0 Å². The smallest absolute Gasteiger partial charge is 0.0692 e. The summed E-state index contributed by atoms with van der Waals surface area (Å²) in [6.07, 6.45) is 10.4. The van der Waals surface area contributed by atoms with Crippen LogP contribution in [0.15, 0.2) is 12.4 Å². The zero-order valence-electron chi connectivity index (χ0n) is 9.32. The number of hydrogen-bond acceptors (Lipinski definition) is 2. The average Bonchev–Trinajstić information content (AvgIpc) is 2.65. The van der Waals surface area contributed by atoms with Gasteiger partial charge in [0.15, 0.2) is 0 Å². The monoisotopic (exact) mass is 195 g/mol. The van der Waals surface area contributed by atoms with Crippen LogP contribution in [0.4, 0.5) is 0 Å². The van der Waals surface area contributed by atoms with Gasteiger partial charge in [-0.1, -0.05) is 44.7 Å². The molecule has 1 aromatic rings. The Morgan fingerprint density at radius 2 is 2.14 bits per heavy atom. The minimum Gasteiger partial charge on any atom is -0.252 e. The van der Waals surface area contributed by atoms with Crippen molar-refractivity contribution in [2.24, 2.45) is 5.92 Å². The number of rotatable bonds is 7. The maximum atomic E-state index is 3.97. The van der Waals surface area contributed by atoms with Gasteiger partial charge in [0.05, 0.1) is 6.20 Å². The first-order valence-electron chi connectivity index (χ1n) is 5.67. The lowest BCUT2D eigenvalue weighted by molar-refractivity contribution is 0.400. The Labute approximate surface area is 86.5 Å². The molecule has 0 amide bonds. The van der Waals surface area contributed by atoms with Gasteiger partial charge in [-0.15, -0.1) is 5.10 Å². The van der Waals surface area contributed by atoms with Crippen LogP contribution in [0.5, 0.6) is 0 Å². The quantitative estimate of drug-likeness (QED) is 0.626. The minimum absolute atomic E-state index is 0.716. The maximum Gasteiger partial charge on any atom is 0.0692 e. The van der Waals surface area contributed by atoms with Gasteiger partial charge < -0.3 is 0 Å². The molecule has 0 radical (unpaired) electrons. The summed E-state index contributed by atoms with van der Waals surface area (Å²) in [6.45, 7) is 5.54. The lowest BCUT2D eigenvalue weighted by Crippen LogP contribution is -2.08. The number of hydrogen-bond donors (Lipinski definition) is 0. The van der Waals surface area contributed by atoms with Crippen LogP contribution in [-0.2, 0) is 6.54 Å². The van der Waals surface area contributed by atoms with Crippen molar-refractivity contribution < 1.29 is 0 Å². The molecule has 1 unspecified atom stereocenters. The lowest BCUT2D eigenvalue weighted by atomic mass is 10.0. The Hall–Kier alpha value is -0.860. The summed E-state index contributed by atoms with van der Waals surface area (Å²) in [5.74, 6) is 0.716. The molecular weight excluding hydrogens is 174 g/mol. The largest absolute Gasteiger partial charge is 0.252 e. The van der Waals surface area contributed by atoms with E-state index in [9.17, 15) is 0 Å². The fourth-order valence-electron chi connectivity index (χ4n) is 1.66. The Balaban J connectivity index is 2.07. The van der Waals surface area contributed by atoms with Gasteiger partial charge in [-0.05, 0) is 12.3 Å². The summed E-state index contributed by atoms with van der Waals surface area (Å²) in [4.78, 5) is 0. The third kappa shape index (κ3) is 4.40. The molecule has 3 heteroatoms. The van der Waals surface area contributed by atoms with Crippen LogP contribution in [0.2, 0.25) is 0 Å². The molecule has 0 fully saturated rings. The lowest BCUT2D eigenvalue weighted by Gasteiger charge is -2.10. The van der Waals surface area contributed by atoms with Crippen molar-refractivity contribution in [2.45, 2.75) is 52.5 Å². The van der Waals surface area contributed by atoms with Gasteiger partial charge in [-0.3, -0.25) is 4.68 Å². The van der Waals surface area contributed by atoms with Crippen molar-refractivity contribution in [1.82, 2.24) is 15.0 Å². The topological polar surface area (TPSA) is 30.7 Å². The van der Waals surface area contributed by atoms with Gasteiger partial charge in [-0.2, -0.15) is 0 Å². The molecule has 0 N–H and O–H groups in total. The van der Waals surface area contributed by atoms with E-state index in [1.54, 1.807) is 6.20 Å². The summed E-state index contributed by atoms with van der Waals surface area (Å²) in [5.41, 5.74) is 0. The summed E-state index contributed by atoms with van der Waals surface area (Å²) in [5, 5.41) is 7.77. The van der Waals surface area contributed by atoms with E-state index in [1.807, 2.05) is 10.9 Å². The van der Waals surface area contributed by atoms with Crippen molar-refractivity contribution in [1.29, 1.82) is 0 Å². The van der Waals surface area contributed by atoms with Crippen LogP contribution < -0.4 is 0 Å². The van der Waals surface area contributed by atoms with E-state index in [2.05, 4.69) is 24.2 Å². The normalized spacial score (nSPS) is 13.0. The third-order valence-electron chi connectivity index (χ3n) is 2.52. The van der Waals surface area contributed by atoms with Crippen molar-refractivity contribution >= 4 is 0 Å². The van der Waals surface area contributed by atoms with Gasteiger partial charge in [0.2, 0.25) is 0 Å². The zero-order chi connectivity index (χ0) is 10.2. The molecule has 1 heterocycles. The SMILES string of the molecule is CCCCCCC(C)Cn1ccnn1. The number of unbranched alkanes of at least 4 members (excludes halogenated alkanes) is 3. The molecule has 0 aliphatic rings. The first kappa shape index (κ1) is 11.2. The second-order valence-corrected chi connectivity index (χ2v) is 4.08. The molecular formula is C11H21N3. The van der Waals surface area contributed by atoms with Gasteiger partial charge in [0.25, 0.3) is 0 Å². The highest BCUT2D eigenvalue weighted by Crippen LogP contribution is 2.11. The van der Waals surface area contributed by atoms with E-state index in [1.165, 1.54) is 32.1 Å². The van der Waals surface area contributed by atoms with Crippen molar-refractivity contribution in [2.75, 3.05) is 0 Å². The predicted octanol–water partition coefficient (Wildman–Crippen LogP) is 2.88. The van der Waals surface area contributed by atoms with Gasteiger partial charge in [-0.25, -0.2) is 0 Å². The molecule has 0 bridgehead atoms. The average molecular weight is 195 g/mol. The Bertz CT molecular complexity index is 218. The fraction of sp³-hybridized carbons (Fsp3) is 0.818. The molecule has 1 rings (SSSR count). The van der Waals surface area contributed by atoms with Crippen molar-refractivity contribution in [3.63, 3.8) is 0 Å². The Morgan fingerprint density at radius 1 is 1.29 bits per heavy atom. The first-order chi connectivity index (χ1) is 6.83. The number of aromatic nitrogens is 3. The second kappa shape index (κ2) is 6.57. The van der Waals surface area contributed by atoms with Gasteiger partial charge >= 0.3 is 0 Å². The number of nitrogens with zero attached hydrogens (tertiary/aromatic N) is 3. The van der Waals surface area contributed by atoms with Gasteiger partial charge in [0.1, 0.15) is 0 Å². The van der Waals surface area contributed by atoms with Crippen LogP contribution >= 0.6 is 0 Å². The van der Waals surface area contributed by atoms with E-state index in [4.69, 9.17) is 0 Å². The van der Waals surface area contributed by atoms with Gasteiger partial charge in [0, 0.05) is 12.7 Å². The Morgan fingerprint density at radius 3 is 2.79 bits per heavy atom. The van der Waals surface area contributed by atoms with E-state index >= 15 is 0 Å². The van der Waals surface area contributed by atoms with Crippen LogP contribution in [0.3, 0.4) is 0 Å². The second-order valence-electron chi connectivity index (χ2n) is 4.08. The molecule has 0 spiro atoms. The Kier molecular flexibility index (Phi) is 5.27. The molecule has 0 aliphatic carbocycles. The summed E-state index contributed by atoms with van der Waals surface area (Å²) in [7, 11) is 0. The maximum absolute atomic E-state index is 3.97. The highest BCUT2D eigenvalue weighted by Gasteiger charge is 2.02. The molecule has 0 saturated heterocycles. The zero-order valence-corrected chi connectivity index (χ0v) is 9.32. The highest BCUT2D eigenvalue weighted by atomic mass is 15.4. The van der Waals surface area contributed by atoms with Crippen LogP contribution in [0, 0.1) is 5.92 Å². The molecule has 0 aromatic carbocycles. The van der Waals surface area contributed by atoms with E-state index in [-0.39, 0.29) is 0 Å². The standard InChI is InChI=1S/C11H21N3/c1-3-4-5-6-7-11(2)10-14-9-8-12-13-14/h8-9,11H,3-7,10H2,1-2H3. The minimum atomic E-state index is 0.716. The summed E-state index contributed by atoms with van der Waals surface area (Å²) in [6, 6.07) is 0. The molecule has 0 aliphatic heterocycles. The molecule has 80 valence electrons. The summed E-state index contributed by atoms with van der Waals surface area (Å²) >= 11 is 0. The molecule has 14 heavy (non-hydrogen) atoms. The molecule has 3 nitrogen and oxygen atoms in total. The third-order valence-corrected chi connectivity index (χ3v) is 2.52. The fourth-order valence-corrected chi connectivity index (χ4v) is 1.66. The highest BCUT2D eigenvalue weighted by molar-refractivity contribution is 4.65. The van der Waals surface area contributed by atoms with Crippen molar-refractivity contribution in [3.8, 4) is 0 Å².